The van der Waals surface area contributed by atoms with Crippen LogP contribution >= 0.6 is 15.9 Å². The fraction of sp³-hybridized carbons (Fsp3) is 0.143. The second-order valence-electron chi connectivity index (χ2n) is 4.16. The molecule has 0 aromatic heterocycles. The van der Waals surface area contributed by atoms with E-state index in [-0.39, 0.29) is 11.7 Å². The average molecular weight is 330 g/mol. The Morgan fingerprint density at radius 1 is 1.00 bits per heavy atom. The first-order valence-electron chi connectivity index (χ1n) is 5.64. The second kappa shape index (κ2) is 5.65. The van der Waals surface area contributed by atoms with Gasteiger partial charge in [-0.05, 0) is 24.6 Å². The maximum atomic E-state index is 13.5. The standard InChI is InChI=1S/C14H11BrF3N/c1-8(9-2-4-10(15)5-3-9)19-14-12(17)6-11(16)7-13(14)18/h2-8,19H,1H3. The van der Waals surface area contributed by atoms with Gasteiger partial charge in [0.2, 0.25) is 0 Å². The van der Waals surface area contributed by atoms with Gasteiger partial charge < -0.3 is 5.32 Å². The Hall–Kier alpha value is -1.49. The van der Waals surface area contributed by atoms with Crippen LogP contribution < -0.4 is 5.32 Å². The summed E-state index contributed by atoms with van der Waals surface area (Å²) in [5, 5.41) is 2.71. The molecular weight excluding hydrogens is 319 g/mol. The van der Waals surface area contributed by atoms with Gasteiger partial charge in [-0.25, -0.2) is 13.2 Å². The Bertz CT molecular complexity index is 561. The summed E-state index contributed by atoms with van der Waals surface area (Å²) >= 11 is 3.31. The van der Waals surface area contributed by atoms with Crippen LogP contribution in [-0.4, -0.2) is 0 Å². The monoisotopic (exact) mass is 329 g/mol. The van der Waals surface area contributed by atoms with E-state index < -0.39 is 17.5 Å². The number of benzene rings is 2. The van der Waals surface area contributed by atoms with Crippen LogP contribution in [0.1, 0.15) is 18.5 Å². The lowest BCUT2D eigenvalue weighted by atomic mass is 10.1. The molecule has 1 N–H and O–H groups in total. The first kappa shape index (κ1) is 13.9. The summed E-state index contributed by atoms with van der Waals surface area (Å²) in [7, 11) is 0. The topological polar surface area (TPSA) is 12.0 Å². The van der Waals surface area contributed by atoms with E-state index in [1.54, 1.807) is 6.92 Å². The first-order chi connectivity index (χ1) is 8.97. The number of hydrogen-bond acceptors (Lipinski definition) is 1. The molecule has 100 valence electrons. The maximum absolute atomic E-state index is 13.5. The van der Waals surface area contributed by atoms with Crippen LogP contribution in [0.4, 0.5) is 18.9 Å². The lowest BCUT2D eigenvalue weighted by molar-refractivity contribution is 0.545. The highest BCUT2D eigenvalue weighted by atomic mass is 79.9. The van der Waals surface area contributed by atoms with E-state index in [9.17, 15) is 13.2 Å². The average Bonchev–Trinajstić information content (AvgIpc) is 2.34. The summed E-state index contributed by atoms with van der Waals surface area (Å²) < 4.78 is 40.7. The van der Waals surface area contributed by atoms with Gasteiger partial charge in [0, 0.05) is 22.6 Å². The van der Waals surface area contributed by atoms with Gasteiger partial charge in [-0.3, -0.25) is 0 Å². The van der Waals surface area contributed by atoms with Crippen molar-refractivity contribution in [2.24, 2.45) is 0 Å². The van der Waals surface area contributed by atoms with E-state index in [0.29, 0.717) is 12.1 Å². The summed E-state index contributed by atoms with van der Waals surface area (Å²) in [6.45, 7) is 1.77. The number of anilines is 1. The van der Waals surface area contributed by atoms with Crippen LogP contribution in [0.25, 0.3) is 0 Å². The van der Waals surface area contributed by atoms with Gasteiger partial charge in [0.15, 0.2) is 11.6 Å². The molecule has 0 aliphatic heterocycles. The van der Waals surface area contributed by atoms with Gasteiger partial charge >= 0.3 is 0 Å². The highest BCUT2D eigenvalue weighted by Crippen LogP contribution is 2.26. The highest BCUT2D eigenvalue weighted by molar-refractivity contribution is 9.10. The Kier molecular flexibility index (Phi) is 4.14. The Morgan fingerprint density at radius 3 is 2.05 bits per heavy atom. The molecule has 1 atom stereocenters. The van der Waals surface area contributed by atoms with Crippen molar-refractivity contribution in [3.8, 4) is 0 Å². The molecular formula is C14H11BrF3N. The van der Waals surface area contributed by atoms with Crippen molar-refractivity contribution < 1.29 is 13.2 Å². The van der Waals surface area contributed by atoms with Crippen LogP contribution in [0.15, 0.2) is 40.9 Å². The van der Waals surface area contributed by atoms with Crippen LogP contribution in [-0.2, 0) is 0 Å². The minimum absolute atomic E-state index is 0.303. The third kappa shape index (κ3) is 3.29. The van der Waals surface area contributed by atoms with Gasteiger partial charge in [0.05, 0.1) is 0 Å². The third-order valence-electron chi connectivity index (χ3n) is 2.74. The zero-order chi connectivity index (χ0) is 14.0. The van der Waals surface area contributed by atoms with Gasteiger partial charge in [-0.2, -0.15) is 0 Å². The Balaban J connectivity index is 2.24. The number of nitrogens with one attached hydrogen (secondary N) is 1. The van der Waals surface area contributed by atoms with Crippen LogP contribution in [0.3, 0.4) is 0 Å². The van der Waals surface area contributed by atoms with E-state index in [1.165, 1.54) is 0 Å². The molecule has 0 radical (unpaired) electrons. The summed E-state index contributed by atoms with van der Waals surface area (Å²) in [5.41, 5.74) is 0.545. The van der Waals surface area contributed by atoms with Crippen molar-refractivity contribution in [1.29, 1.82) is 0 Å². The molecule has 0 aliphatic rings. The summed E-state index contributed by atoms with van der Waals surface area (Å²) in [4.78, 5) is 0. The summed E-state index contributed by atoms with van der Waals surface area (Å²) in [6, 6.07) is 8.35. The van der Waals surface area contributed by atoms with E-state index in [0.717, 1.165) is 10.0 Å². The van der Waals surface area contributed by atoms with Crippen LogP contribution in [0, 0.1) is 17.5 Å². The largest absolute Gasteiger partial charge is 0.374 e. The molecule has 0 heterocycles. The minimum atomic E-state index is -0.943. The van der Waals surface area contributed by atoms with Crippen molar-refractivity contribution in [2.75, 3.05) is 5.32 Å². The molecule has 1 nitrogen and oxygen atoms in total. The molecule has 0 aliphatic carbocycles. The molecule has 0 spiro atoms. The van der Waals surface area contributed by atoms with Crippen molar-refractivity contribution in [1.82, 2.24) is 0 Å². The predicted molar refractivity (Wildman–Crippen MR) is 72.5 cm³/mol. The highest BCUT2D eigenvalue weighted by Gasteiger charge is 2.14. The molecule has 2 aromatic carbocycles. The maximum Gasteiger partial charge on any atom is 0.152 e. The molecule has 2 aromatic rings. The SMILES string of the molecule is CC(Nc1c(F)cc(F)cc1F)c1ccc(Br)cc1. The van der Waals surface area contributed by atoms with Gasteiger partial charge in [0.1, 0.15) is 11.5 Å². The van der Waals surface area contributed by atoms with Gasteiger partial charge in [0.25, 0.3) is 0 Å². The van der Waals surface area contributed by atoms with E-state index in [2.05, 4.69) is 21.2 Å². The molecule has 0 bridgehead atoms. The number of halogens is 4. The molecule has 1 unspecified atom stereocenters. The predicted octanol–water partition coefficient (Wildman–Crippen LogP) is 5.04. The minimum Gasteiger partial charge on any atom is -0.374 e. The van der Waals surface area contributed by atoms with Crippen molar-refractivity contribution in [3.05, 3.63) is 63.9 Å². The molecule has 0 saturated carbocycles. The molecule has 0 saturated heterocycles. The zero-order valence-electron chi connectivity index (χ0n) is 10.1. The van der Waals surface area contributed by atoms with E-state index in [4.69, 9.17) is 0 Å². The molecule has 19 heavy (non-hydrogen) atoms. The van der Waals surface area contributed by atoms with Gasteiger partial charge in [-0.1, -0.05) is 28.1 Å². The Labute approximate surface area is 117 Å². The lowest BCUT2D eigenvalue weighted by Crippen LogP contribution is -2.10. The normalized spacial score (nSPS) is 12.3. The first-order valence-corrected chi connectivity index (χ1v) is 6.43. The van der Waals surface area contributed by atoms with Crippen LogP contribution in [0.2, 0.25) is 0 Å². The summed E-state index contributed by atoms with van der Waals surface area (Å²) in [5.74, 6) is -2.82. The lowest BCUT2D eigenvalue weighted by Gasteiger charge is -2.17. The zero-order valence-corrected chi connectivity index (χ0v) is 11.6. The summed E-state index contributed by atoms with van der Waals surface area (Å²) in [6.07, 6.45) is 0. The fourth-order valence-corrected chi connectivity index (χ4v) is 2.00. The van der Waals surface area contributed by atoms with Crippen molar-refractivity contribution in [2.45, 2.75) is 13.0 Å². The number of rotatable bonds is 3. The quantitative estimate of drug-likeness (QED) is 0.831. The van der Waals surface area contributed by atoms with Gasteiger partial charge in [-0.15, -0.1) is 0 Å². The fourth-order valence-electron chi connectivity index (χ4n) is 1.73. The second-order valence-corrected chi connectivity index (χ2v) is 5.08. The third-order valence-corrected chi connectivity index (χ3v) is 3.27. The number of hydrogen-bond donors (Lipinski definition) is 1. The smallest absolute Gasteiger partial charge is 0.152 e. The Morgan fingerprint density at radius 2 is 1.53 bits per heavy atom. The molecule has 0 fully saturated rings. The molecule has 2 rings (SSSR count). The van der Waals surface area contributed by atoms with Crippen molar-refractivity contribution >= 4 is 21.6 Å². The van der Waals surface area contributed by atoms with E-state index >= 15 is 0 Å². The molecule has 5 heteroatoms. The van der Waals surface area contributed by atoms with E-state index in [1.807, 2.05) is 24.3 Å². The van der Waals surface area contributed by atoms with Crippen LogP contribution in [0.5, 0.6) is 0 Å². The molecule has 0 amide bonds. The van der Waals surface area contributed by atoms with Crippen molar-refractivity contribution in [3.63, 3.8) is 0 Å².